The number of methoxy groups -OCH3 is 1. The number of fused-ring (bicyclic) bond motifs is 1. The normalized spacial score (nSPS) is 19.4. The lowest BCUT2D eigenvalue weighted by Crippen LogP contribution is -2.58. The zero-order chi connectivity index (χ0) is 26.9. The summed E-state index contributed by atoms with van der Waals surface area (Å²) in [6.07, 6.45) is 3.21. The fraction of sp³-hybridized carbons (Fsp3) is 0.500. The summed E-state index contributed by atoms with van der Waals surface area (Å²) >= 11 is 0. The number of para-hydroxylation sites is 1. The summed E-state index contributed by atoms with van der Waals surface area (Å²) in [5.41, 5.74) is 1.65. The van der Waals surface area contributed by atoms with Gasteiger partial charge in [-0.05, 0) is 43.4 Å². The van der Waals surface area contributed by atoms with Gasteiger partial charge >= 0.3 is 0 Å². The van der Waals surface area contributed by atoms with Gasteiger partial charge in [-0.2, -0.15) is 0 Å². The maximum Gasteiger partial charge on any atom is 0.257 e. The quantitative estimate of drug-likeness (QED) is 0.583. The minimum absolute atomic E-state index is 0.00228. The summed E-state index contributed by atoms with van der Waals surface area (Å²) < 4.78 is 11.6. The highest BCUT2D eigenvalue weighted by Crippen LogP contribution is 2.25. The molecule has 1 saturated heterocycles. The third-order valence-corrected chi connectivity index (χ3v) is 7.44. The summed E-state index contributed by atoms with van der Waals surface area (Å²) in [6, 6.07) is 17.2. The van der Waals surface area contributed by atoms with Crippen LogP contribution in [0.2, 0.25) is 0 Å². The van der Waals surface area contributed by atoms with Crippen LogP contribution in [-0.2, 0) is 20.7 Å². The van der Waals surface area contributed by atoms with Gasteiger partial charge in [0.05, 0.1) is 24.1 Å². The molecule has 2 aromatic carbocycles. The molecule has 2 aliphatic rings. The van der Waals surface area contributed by atoms with Crippen LogP contribution in [0.25, 0.3) is 0 Å². The molecule has 0 saturated carbocycles. The van der Waals surface area contributed by atoms with Crippen molar-refractivity contribution in [2.75, 3.05) is 53.0 Å². The Labute approximate surface area is 225 Å². The van der Waals surface area contributed by atoms with E-state index < -0.39 is 0 Å². The SMILES string of the molecule is COCCN1CCCCCN(C(=O)C2CN(C(C)=O)C2)[C@@H](Cc2ccccc2)COc2ccccc2C1=O. The van der Waals surface area contributed by atoms with Crippen molar-refractivity contribution in [1.82, 2.24) is 14.7 Å². The van der Waals surface area contributed by atoms with Crippen LogP contribution < -0.4 is 4.74 Å². The van der Waals surface area contributed by atoms with Gasteiger partial charge in [0.15, 0.2) is 0 Å². The van der Waals surface area contributed by atoms with E-state index in [4.69, 9.17) is 9.47 Å². The van der Waals surface area contributed by atoms with Crippen LogP contribution in [0.3, 0.4) is 0 Å². The standard InChI is InChI=1S/C30H39N3O5/c1-23(34)32-20-25(21-32)29(35)33-16-10-4-9-15-31(17-18-37-2)30(36)27-13-7-8-14-28(27)38-22-26(33)19-24-11-5-3-6-12-24/h3,5-8,11-14,25-26H,4,9-10,15-22H2,1-2H3/t26-/m0/s1. The van der Waals surface area contributed by atoms with Crippen molar-refractivity contribution in [3.63, 3.8) is 0 Å². The van der Waals surface area contributed by atoms with Gasteiger partial charge in [0.25, 0.3) is 5.91 Å². The Morgan fingerprint density at radius 1 is 0.974 bits per heavy atom. The first-order valence-corrected chi connectivity index (χ1v) is 13.6. The van der Waals surface area contributed by atoms with Gasteiger partial charge in [0.1, 0.15) is 12.4 Å². The number of rotatable bonds is 6. The zero-order valence-corrected chi connectivity index (χ0v) is 22.5. The van der Waals surface area contributed by atoms with Crippen LogP contribution >= 0.6 is 0 Å². The maximum absolute atomic E-state index is 13.8. The monoisotopic (exact) mass is 521 g/mol. The Bertz CT molecular complexity index is 1090. The minimum atomic E-state index is -0.204. The Balaban J connectivity index is 1.61. The first kappa shape index (κ1) is 27.6. The number of ether oxygens (including phenoxy) is 2. The molecule has 0 bridgehead atoms. The molecule has 8 nitrogen and oxygen atoms in total. The third-order valence-electron chi connectivity index (χ3n) is 7.44. The molecule has 0 unspecified atom stereocenters. The lowest BCUT2D eigenvalue weighted by molar-refractivity contribution is -0.149. The number of carbonyl (C=O) groups excluding carboxylic acids is 3. The molecule has 0 spiro atoms. The molecule has 38 heavy (non-hydrogen) atoms. The second-order valence-electron chi connectivity index (χ2n) is 10.1. The topological polar surface area (TPSA) is 79.4 Å². The van der Waals surface area contributed by atoms with Crippen LogP contribution in [0.4, 0.5) is 0 Å². The molecule has 2 aromatic rings. The second kappa shape index (κ2) is 13.4. The summed E-state index contributed by atoms with van der Waals surface area (Å²) in [7, 11) is 1.64. The average Bonchev–Trinajstić information content (AvgIpc) is 2.90. The summed E-state index contributed by atoms with van der Waals surface area (Å²) in [6.45, 7) is 4.96. The van der Waals surface area contributed by atoms with E-state index >= 15 is 0 Å². The van der Waals surface area contributed by atoms with E-state index in [1.807, 2.05) is 46.2 Å². The summed E-state index contributed by atoms with van der Waals surface area (Å²) in [5, 5.41) is 0. The lowest BCUT2D eigenvalue weighted by Gasteiger charge is -2.42. The third kappa shape index (κ3) is 6.92. The lowest BCUT2D eigenvalue weighted by atomic mass is 9.96. The summed E-state index contributed by atoms with van der Waals surface area (Å²) in [4.78, 5) is 44.5. The Morgan fingerprint density at radius 2 is 1.68 bits per heavy atom. The van der Waals surface area contributed by atoms with Gasteiger partial charge < -0.3 is 24.2 Å². The Kier molecular flexibility index (Phi) is 9.76. The molecule has 3 amide bonds. The fourth-order valence-corrected chi connectivity index (χ4v) is 5.15. The molecular weight excluding hydrogens is 482 g/mol. The van der Waals surface area contributed by atoms with Crippen LogP contribution in [0.1, 0.15) is 42.1 Å². The van der Waals surface area contributed by atoms with Crippen LogP contribution in [-0.4, -0.2) is 91.5 Å². The molecule has 2 heterocycles. The maximum atomic E-state index is 13.8. The number of amides is 3. The first-order chi connectivity index (χ1) is 18.5. The molecular formula is C30H39N3O5. The van der Waals surface area contributed by atoms with E-state index in [0.29, 0.717) is 57.1 Å². The highest BCUT2D eigenvalue weighted by atomic mass is 16.5. The van der Waals surface area contributed by atoms with Crippen molar-refractivity contribution < 1.29 is 23.9 Å². The van der Waals surface area contributed by atoms with E-state index in [2.05, 4.69) is 12.1 Å². The number of benzene rings is 2. The smallest absolute Gasteiger partial charge is 0.257 e. The van der Waals surface area contributed by atoms with E-state index in [-0.39, 0.29) is 36.3 Å². The van der Waals surface area contributed by atoms with Crippen LogP contribution in [0.15, 0.2) is 54.6 Å². The number of likely N-dealkylation sites (tertiary alicyclic amines) is 1. The van der Waals surface area contributed by atoms with E-state index in [1.165, 1.54) is 0 Å². The molecule has 2 aliphatic heterocycles. The average molecular weight is 522 g/mol. The molecule has 1 atom stereocenters. The van der Waals surface area contributed by atoms with Crippen molar-refractivity contribution in [2.24, 2.45) is 5.92 Å². The van der Waals surface area contributed by atoms with Crippen molar-refractivity contribution in [1.29, 1.82) is 0 Å². The summed E-state index contributed by atoms with van der Waals surface area (Å²) in [5.74, 6) is 0.348. The van der Waals surface area contributed by atoms with Gasteiger partial charge in [-0.25, -0.2) is 0 Å². The Hall–Kier alpha value is -3.39. The molecule has 0 N–H and O–H groups in total. The Morgan fingerprint density at radius 3 is 2.42 bits per heavy atom. The van der Waals surface area contributed by atoms with Crippen LogP contribution in [0.5, 0.6) is 5.75 Å². The van der Waals surface area contributed by atoms with Gasteiger partial charge in [-0.15, -0.1) is 0 Å². The molecule has 1 fully saturated rings. The molecule has 4 rings (SSSR count). The second-order valence-corrected chi connectivity index (χ2v) is 10.1. The predicted molar refractivity (Wildman–Crippen MR) is 145 cm³/mol. The van der Waals surface area contributed by atoms with E-state index in [1.54, 1.807) is 25.0 Å². The van der Waals surface area contributed by atoms with E-state index in [0.717, 1.165) is 24.8 Å². The molecule has 8 heteroatoms. The first-order valence-electron chi connectivity index (χ1n) is 13.6. The minimum Gasteiger partial charge on any atom is -0.491 e. The number of nitrogens with zero attached hydrogens (tertiary/aromatic N) is 3. The molecule has 0 radical (unpaired) electrons. The molecule has 0 aliphatic carbocycles. The van der Waals surface area contributed by atoms with Gasteiger partial charge in [-0.3, -0.25) is 14.4 Å². The van der Waals surface area contributed by atoms with Crippen molar-refractivity contribution in [2.45, 2.75) is 38.6 Å². The van der Waals surface area contributed by atoms with Crippen LogP contribution in [0, 0.1) is 5.92 Å². The largest absolute Gasteiger partial charge is 0.491 e. The molecule has 204 valence electrons. The number of hydrogen-bond acceptors (Lipinski definition) is 5. The van der Waals surface area contributed by atoms with Crippen molar-refractivity contribution >= 4 is 17.7 Å². The fourth-order valence-electron chi connectivity index (χ4n) is 5.15. The van der Waals surface area contributed by atoms with Gasteiger partial charge in [0, 0.05) is 46.8 Å². The number of carbonyl (C=O) groups is 3. The van der Waals surface area contributed by atoms with Crippen molar-refractivity contribution in [3.05, 3.63) is 65.7 Å². The van der Waals surface area contributed by atoms with E-state index in [9.17, 15) is 14.4 Å². The van der Waals surface area contributed by atoms with Gasteiger partial charge in [-0.1, -0.05) is 42.5 Å². The van der Waals surface area contributed by atoms with Gasteiger partial charge in [0.2, 0.25) is 11.8 Å². The highest BCUT2D eigenvalue weighted by Gasteiger charge is 2.39. The van der Waals surface area contributed by atoms with Crippen molar-refractivity contribution in [3.8, 4) is 5.75 Å². The number of hydrogen-bond donors (Lipinski definition) is 0. The molecule has 0 aromatic heterocycles. The predicted octanol–water partition coefficient (Wildman–Crippen LogP) is 3.26. The highest BCUT2D eigenvalue weighted by molar-refractivity contribution is 5.97. The zero-order valence-electron chi connectivity index (χ0n) is 22.5.